The molecule has 9 nitrogen and oxygen atoms in total. The second-order valence-electron chi connectivity index (χ2n) is 6.99. The third-order valence-corrected chi connectivity index (χ3v) is 4.97. The maximum absolute atomic E-state index is 14.8. The number of rotatable bonds is 4. The lowest BCUT2D eigenvalue weighted by Gasteiger charge is -2.19. The van der Waals surface area contributed by atoms with Crippen LogP contribution in [0, 0.1) is 17.5 Å². The van der Waals surface area contributed by atoms with E-state index >= 15 is 0 Å². The van der Waals surface area contributed by atoms with Gasteiger partial charge >= 0.3 is 5.97 Å². The third-order valence-electron chi connectivity index (χ3n) is 4.97. The minimum absolute atomic E-state index is 0.133. The van der Waals surface area contributed by atoms with Gasteiger partial charge in [-0.3, -0.25) is 9.36 Å². The van der Waals surface area contributed by atoms with Crippen molar-refractivity contribution in [2.24, 2.45) is 5.73 Å². The average Bonchev–Trinajstić information content (AvgIpc) is 3.14. The van der Waals surface area contributed by atoms with E-state index in [9.17, 15) is 27.9 Å². The Morgan fingerprint density at radius 1 is 1.19 bits per heavy atom. The second kappa shape index (κ2) is 7.54. The van der Waals surface area contributed by atoms with Gasteiger partial charge in [0.15, 0.2) is 34.7 Å². The predicted molar refractivity (Wildman–Crippen MR) is 103 cm³/mol. The molecule has 1 atom stereocenters. The van der Waals surface area contributed by atoms with Gasteiger partial charge in [-0.25, -0.2) is 22.9 Å². The lowest BCUT2D eigenvalue weighted by Crippen LogP contribution is -2.28. The van der Waals surface area contributed by atoms with Crippen LogP contribution in [0.4, 0.5) is 19.0 Å². The summed E-state index contributed by atoms with van der Waals surface area (Å²) < 4.78 is 48.9. The van der Waals surface area contributed by atoms with Crippen molar-refractivity contribution in [3.63, 3.8) is 0 Å². The number of carbonyl (C=O) groups is 1. The van der Waals surface area contributed by atoms with Gasteiger partial charge in [-0.1, -0.05) is 0 Å². The Morgan fingerprint density at radius 2 is 1.90 bits per heavy atom. The van der Waals surface area contributed by atoms with Crippen LogP contribution in [0.5, 0.6) is 5.88 Å². The first-order chi connectivity index (χ1) is 14.7. The van der Waals surface area contributed by atoms with Gasteiger partial charge in [-0.05, 0) is 12.5 Å². The number of halogens is 3. The molecule has 3 N–H and O–H groups in total. The zero-order valence-corrected chi connectivity index (χ0v) is 16.1. The number of nitrogens with two attached hydrogens (primary N) is 1. The summed E-state index contributed by atoms with van der Waals surface area (Å²) in [5.74, 6) is -6.01. The molecule has 31 heavy (non-hydrogen) atoms. The van der Waals surface area contributed by atoms with Crippen molar-refractivity contribution >= 4 is 22.8 Å². The number of ether oxygens (including phenoxy) is 1. The first-order valence-electron chi connectivity index (χ1n) is 9.11. The van der Waals surface area contributed by atoms with Crippen molar-refractivity contribution in [1.29, 1.82) is 0 Å². The van der Waals surface area contributed by atoms with Crippen LogP contribution in [-0.2, 0) is 0 Å². The van der Waals surface area contributed by atoms with E-state index in [0.717, 1.165) is 23.9 Å². The van der Waals surface area contributed by atoms with E-state index in [1.165, 1.54) is 0 Å². The maximum Gasteiger partial charge on any atom is 0.341 e. The monoisotopic (exact) mass is 435 g/mol. The van der Waals surface area contributed by atoms with E-state index in [0.29, 0.717) is 25.6 Å². The van der Waals surface area contributed by atoms with Crippen molar-refractivity contribution in [3.8, 4) is 11.7 Å². The molecule has 0 aliphatic carbocycles. The molecule has 4 rings (SSSR count). The molecule has 0 bridgehead atoms. The fourth-order valence-electron chi connectivity index (χ4n) is 3.48. The van der Waals surface area contributed by atoms with E-state index in [1.54, 1.807) is 4.90 Å². The predicted octanol–water partition coefficient (Wildman–Crippen LogP) is 1.44. The van der Waals surface area contributed by atoms with E-state index in [-0.39, 0.29) is 17.5 Å². The SMILES string of the molecule is COc1nc(-n2cc(C(=O)O)c(=O)c3cc(F)c(N4CC[C@H](N)C4)nc32)c(F)cc1F. The lowest BCUT2D eigenvalue weighted by molar-refractivity contribution is 0.0695. The van der Waals surface area contributed by atoms with Gasteiger partial charge in [0, 0.05) is 31.4 Å². The number of nitrogens with zero attached hydrogens (tertiary/aromatic N) is 4. The molecule has 1 aliphatic heterocycles. The topological polar surface area (TPSA) is 124 Å². The fourth-order valence-corrected chi connectivity index (χ4v) is 3.48. The zero-order chi connectivity index (χ0) is 22.4. The number of pyridine rings is 3. The summed E-state index contributed by atoms with van der Waals surface area (Å²) in [6.45, 7) is 0.717. The van der Waals surface area contributed by atoms with Crippen molar-refractivity contribution in [2.45, 2.75) is 12.5 Å². The highest BCUT2D eigenvalue weighted by atomic mass is 19.1. The number of hydrogen-bond donors (Lipinski definition) is 2. The Kier molecular flexibility index (Phi) is 5.01. The molecule has 0 spiro atoms. The minimum Gasteiger partial charge on any atom is -0.479 e. The van der Waals surface area contributed by atoms with Crippen molar-refractivity contribution in [3.05, 3.63) is 51.6 Å². The van der Waals surface area contributed by atoms with Gasteiger partial charge in [0.25, 0.3) is 5.88 Å². The van der Waals surface area contributed by atoms with Crippen LogP contribution in [0.15, 0.2) is 23.1 Å². The highest BCUT2D eigenvalue weighted by Gasteiger charge is 2.26. The molecule has 0 unspecified atom stereocenters. The van der Waals surface area contributed by atoms with Crippen molar-refractivity contribution < 1.29 is 27.8 Å². The largest absolute Gasteiger partial charge is 0.479 e. The molecule has 3 aromatic heterocycles. The van der Waals surface area contributed by atoms with Crippen LogP contribution >= 0.6 is 0 Å². The standard InChI is InChI=1S/C19H16F3N5O4/c1-31-18-13(22)5-12(21)17(25-18)27-7-10(19(29)30)14(28)9-4-11(20)16(24-15(9)27)26-3-2-8(23)6-26/h4-5,7-8H,2-3,6,23H2,1H3,(H,29,30)/t8-/m0/s1. The Balaban J connectivity index is 2.07. The summed E-state index contributed by atoms with van der Waals surface area (Å²) in [7, 11) is 1.11. The molecule has 1 fully saturated rings. The summed E-state index contributed by atoms with van der Waals surface area (Å²) in [6.07, 6.45) is 1.40. The molecule has 1 saturated heterocycles. The Morgan fingerprint density at radius 3 is 2.52 bits per heavy atom. The number of anilines is 1. The van der Waals surface area contributed by atoms with Crippen molar-refractivity contribution in [2.75, 3.05) is 25.1 Å². The Labute approximate surface area is 172 Å². The molecule has 0 radical (unpaired) electrons. The molecule has 4 heterocycles. The van der Waals surface area contributed by atoms with Crippen LogP contribution in [0.25, 0.3) is 16.9 Å². The minimum atomic E-state index is -1.62. The van der Waals surface area contributed by atoms with Crippen molar-refractivity contribution in [1.82, 2.24) is 14.5 Å². The van der Waals surface area contributed by atoms with Gasteiger partial charge in [0.1, 0.15) is 5.56 Å². The first-order valence-corrected chi connectivity index (χ1v) is 9.11. The molecule has 12 heteroatoms. The zero-order valence-electron chi connectivity index (χ0n) is 16.1. The second-order valence-corrected chi connectivity index (χ2v) is 6.99. The highest BCUT2D eigenvalue weighted by Crippen LogP contribution is 2.27. The Hall–Kier alpha value is -3.67. The van der Waals surface area contributed by atoms with Gasteiger partial charge in [-0.2, -0.15) is 4.98 Å². The average molecular weight is 435 g/mol. The molecule has 0 aromatic carbocycles. The van der Waals surface area contributed by atoms with Crippen LogP contribution in [-0.4, -0.2) is 51.9 Å². The normalized spacial score (nSPS) is 16.2. The highest BCUT2D eigenvalue weighted by molar-refractivity contribution is 5.92. The number of hydrogen-bond acceptors (Lipinski definition) is 7. The molecular weight excluding hydrogens is 419 g/mol. The van der Waals surface area contributed by atoms with Gasteiger partial charge < -0.3 is 20.5 Å². The molecule has 0 saturated carbocycles. The number of aromatic nitrogens is 3. The molecule has 3 aromatic rings. The van der Waals surface area contributed by atoms with Gasteiger partial charge in [-0.15, -0.1) is 0 Å². The summed E-state index contributed by atoms with van der Waals surface area (Å²) in [4.78, 5) is 33.6. The number of carboxylic acid groups (broad SMARTS) is 1. The molecule has 1 aliphatic rings. The number of methoxy groups -OCH3 is 1. The lowest BCUT2D eigenvalue weighted by atomic mass is 10.2. The smallest absolute Gasteiger partial charge is 0.341 e. The first kappa shape index (κ1) is 20.6. The number of aromatic carboxylic acids is 1. The molecular formula is C19H16F3N5O4. The van der Waals surface area contributed by atoms with E-state index in [4.69, 9.17) is 10.5 Å². The van der Waals surface area contributed by atoms with Gasteiger partial charge in [0.2, 0.25) is 5.43 Å². The summed E-state index contributed by atoms with van der Waals surface area (Å²) >= 11 is 0. The van der Waals surface area contributed by atoms with E-state index in [1.807, 2.05) is 0 Å². The third kappa shape index (κ3) is 3.44. The summed E-state index contributed by atoms with van der Waals surface area (Å²) in [6, 6.07) is 1.13. The van der Waals surface area contributed by atoms with E-state index in [2.05, 4.69) is 9.97 Å². The van der Waals surface area contributed by atoms with Crippen LogP contribution in [0.1, 0.15) is 16.8 Å². The molecule has 0 amide bonds. The fraction of sp³-hybridized carbons (Fsp3) is 0.263. The summed E-state index contributed by atoms with van der Waals surface area (Å²) in [5, 5.41) is 8.98. The van der Waals surface area contributed by atoms with Gasteiger partial charge in [0.05, 0.1) is 12.5 Å². The van der Waals surface area contributed by atoms with Crippen LogP contribution < -0.4 is 20.8 Å². The number of carboxylic acids is 1. The molecule has 162 valence electrons. The quantitative estimate of drug-likeness (QED) is 0.631. The summed E-state index contributed by atoms with van der Waals surface area (Å²) in [5.41, 5.74) is 3.83. The van der Waals surface area contributed by atoms with Crippen LogP contribution in [0.3, 0.4) is 0 Å². The van der Waals surface area contributed by atoms with E-state index < -0.39 is 51.5 Å². The number of fused-ring (bicyclic) bond motifs is 1. The van der Waals surface area contributed by atoms with Crippen LogP contribution in [0.2, 0.25) is 0 Å². The maximum atomic E-state index is 14.8. The Bertz CT molecular complexity index is 1280.